The molecule has 0 unspecified atom stereocenters. The van der Waals surface area contributed by atoms with Gasteiger partial charge >= 0.3 is 0 Å². The van der Waals surface area contributed by atoms with Crippen molar-refractivity contribution in [1.29, 1.82) is 5.26 Å². The highest BCUT2D eigenvalue weighted by Crippen LogP contribution is 2.39. The summed E-state index contributed by atoms with van der Waals surface area (Å²) < 4.78 is 0. The molecule has 0 bridgehead atoms. The van der Waals surface area contributed by atoms with E-state index in [0.29, 0.717) is 5.84 Å². The Morgan fingerprint density at radius 3 is 2.75 bits per heavy atom. The van der Waals surface area contributed by atoms with Gasteiger partial charge in [0.05, 0.1) is 11.4 Å². The maximum atomic E-state index is 9.12. The zero-order chi connectivity index (χ0) is 10.8. The third-order valence-electron chi connectivity index (χ3n) is 2.54. The Morgan fingerprint density at radius 2 is 2.12 bits per heavy atom. The molecule has 0 aromatic carbocycles. The molecule has 1 aromatic rings. The van der Waals surface area contributed by atoms with Gasteiger partial charge in [0.25, 0.3) is 0 Å². The molecule has 0 saturated carbocycles. The van der Waals surface area contributed by atoms with E-state index >= 15 is 0 Å². The Bertz CT molecular complexity index is 453. The van der Waals surface area contributed by atoms with Crippen LogP contribution in [-0.2, 0) is 12.8 Å². The molecule has 0 aliphatic heterocycles. The highest BCUT2D eigenvalue weighted by Gasteiger charge is 2.20. The van der Waals surface area contributed by atoms with Crippen molar-refractivity contribution in [3.63, 3.8) is 0 Å². The van der Waals surface area contributed by atoms with E-state index in [0.717, 1.165) is 23.4 Å². The first-order chi connectivity index (χ1) is 7.22. The number of nitriles is 1. The lowest BCUT2D eigenvalue weighted by molar-refractivity contribution is 0.696. The molecular weight excluding hydrogens is 242 g/mol. The second-order valence-corrected chi connectivity index (χ2v) is 4.84. The monoisotopic (exact) mass is 255 g/mol. The first-order valence-electron chi connectivity index (χ1n) is 5.07. The Hall–Kier alpha value is -1.05. The molecule has 16 heavy (non-hydrogen) atoms. The molecule has 1 heterocycles. The number of halogens is 1. The molecule has 2 N–H and O–H groups in total. The molecule has 2 rings (SSSR count). The summed E-state index contributed by atoms with van der Waals surface area (Å²) in [6.07, 6.45) is 4.52. The highest BCUT2D eigenvalue weighted by atomic mass is 35.5. The molecule has 1 aromatic heterocycles. The largest absolute Gasteiger partial charge is 0.387 e. The molecule has 0 spiro atoms. The second-order valence-electron chi connectivity index (χ2n) is 3.76. The number of nitrogens with zero attached hydrogens (tertiary/aromatic N) is 2. The van der Waals surface area contributed by atoms with Crippen molar-refractivity contribution in [3.05, 3.63) is 16.0 Å². The molecular formula is C11H14ClN3S. The van der Waals surface area contributed by atoms with Crippen molar-refractivity contribution in [2.45, 2.75) is 32.6 Å². The van der Waals surface area contributed by atoms with Crippen LogP contribution < -0.4 is 5.73 Å². The predicted octanol–water partition coefficient (Wildman–Crippen LogP) is 2.93. The fraction of sp³-hybridized carbons (Fsp3) is 0.455. The average molecular weight is 256 g/mol. The zero-order valence-corrected chi connectivity index (χ0v) is 10.7. The summed E-state index contributed by atoms with van der Waals surface area (Å²) in [4.78, 5) is 5.56. The number of fused-ring (bicyclic) bond motifs is 1. The second kappa shape index (κ2) is 5.33. The van der Waals surface area contributed by atoms with E-state index < -0.39 is 0 Å². The number of thiophene rings is 1. The lowest BCUT2D eigenvalue weighted by Crippen LogP contribution is -2.03. The van der Waals surface area contributed by atoms with Gasteiger partial charge in [-0.25, -0.2) is 4.99 Å². The minimum Gasteiger partial charge on any atom is -0.387 e. The van der Waals surface area contributed by atoms with E-state index in [1.165, 1.54) is 23.3 Å². The summed E-state index contributed by atoms with van der Waals surface area (Å²) in [5.41, 5.74) is 7.52. The Labute approximate surface area is 105 Å². The van der Waals surface area contributed by atoms with Gasteiger partial charge in [-0.15, -0.1) is 23.7 Å². The lowest BCUT2D eigenvalue weighted by Gasteiger charge is -2.09. The quantitative estimate of drug-likeness (QED) is 0.620. The topological polar surface area (TPSA) is 62.2 Å². The number of aliphatic imine (C=N–C) groups is 1. The van der Waals surface area contributed by atoms with Crippen molar-refractivity contribution < 1.29 is 0 Å². The number of amidine groups is 1. The first-order valence-corrected chi connectivity index (χ1v) is 5.89. The molecule has 1 aliphatic rings. The summed E-state index contributed by atoms with van der Waals surface area (Å²) in [5, 5.41) is 9.92. The fourth-order valence-corrected chi connectivity index (χ4v) is 3.17. The van der Waals surface area contributed by atoms with Crippen molar-refractivity contribution in [2.24, 2.45) is 10.7 Å². The van der Waals surface area contributed by atoms with Gasteiger partial charge in [-0.2, -0.15) is 5.26 Å². The molecule has 1 aliphatic carbocycles. The van der Waals surface area contributed by atoms with Crippen LogP contribution in [0.2, 0.25) is 0 Å². The van der Waals surface area contributed by atoms with Crippen LogP contribution in [0.3, 0.4) is 0 Å². The average Bonchev–Trinajstić information content (AvgIpc) is 2.53. The fourth-order valence-electron chi connectivity index (χ4n) is 1.91. The van der Waals surface area contributed by atoms with Crippen molar-refractivity contribution in [1.82, 2.24) is 0 Å². The van der Waals surface area contributed by atoms with Crippen molar-refractivity contribution in [2.75, 3.05) is 0 Å². The van der Waals surface area contributed by atoms with Gasteiger partial charge in [0.2, 0.25) is 0 Å². The molecule has 86 valence electrons. The Morgan fingerprint density at radius 1 is 1.44 bits per heavy atom. The van der Waals surface area contributed by atoms with Gasteiger partial charge in [0.1, 0.15) is 11.1 Å². The van der Waals surface area contributed by atoms with E-state index in [4.69, 9.17) is 11.0 Å². The summed E-state index contributed by atoms with van der Waals surface area (Å²) >= 11 is 1.62. The van der Waals surface area contributed by atoms with E-state index in [1.54, 1.807) is 18.3 Å². The van der Waals surface area contributed by atoms with Crippen LogP contribution in [0.15, 0.2) is 4.99 Å². The lowest BCUT2D eigenvalue weighted by atomic mass is 9.96. The Balaban J connectivity index is 0.00000128. The van der Waals surface area contributed by atoms with E-state index in [-0.39, 0.29) is 12.4 Å². The molecule has 0 amide bonds. The molecule has 5 heteroatoms. The number of hydrogen-bond donors (Lipinski definition) is 1. The van der Waals surface area contributed by atoms with Crippen LogP contribution >= 0.6 is 23.7 Å². The van der Waals surface area contributed by atoms with Crippen molar-refractivity contribution in [3.8, 4) is 6.07 Å². The third-order valence-corrected chi connectivity index (χ3v) is 3.73. The van der Waals surface area contributed by atoms with E-state index in [2.05, 4.69) is 11.1 Å². The minimum absolute atomic E-state index is 0. The van der Waals surface area contributed by atoms with Crippen LogP contribution in [0.5, 0.6) is 0 Å². The van der Waals surface area contributed by atoms with E-state index in [9.17, 15) is 0 Å². The molecule has 3 nitrogen and oxygen atoms in total. The van der Waals surface area contributed by atoms with Crippen LogP contribution in [-0.4, -0.2) is 5.84 Å². The summed E-state index contributed by atoms with van der Waals surface area (Å²) in [7, 11) is 0. The van der Waals surface area contributed by atoms with Crippen LogP contribution in [0.4, 0.5) is 5.00 Å². The number of nitrogens with two attached hydrogens (primary N) is 1. The zero-order valence-electron chi connectivity index (χ0n) is 9.12. The van der Waals surface area contributed by atoms with Gasteiger partial charge in [-0.1, -0.05) is 0 Å². The maximum Gasteiger partial charge on any atom is 0.136 e. The van der Waals surface area contributed by atoms with Crippen LogP contribution in [0.25, 0.3) is 0 Å². The van der Waals surface area contributed by atoms with Gasteiger partial charge in [0, 0.05) is 4.88 Å². The minimum atomic E-state index is 0. The van der Waals surface area contributed by atoms with Gasteiger partial charge in [0.15, 0.2) is 0 Å². The maximum absolute atomic E-state index is 9.12. The first kappa shape index (κ1) is 13.0. The number of hydrogen-bond acceptors (Lipinski definition) is 3. The van der Waals surface area contributed by atoms with Gasteiger partial charge < -0.3 is 5.73 Å². The van der Waals surface area contributed by atoms with Gasteiger partial charge in [-0.05, 0) is 38.2 Å². The molecule has 0 atom stereocenters. The van der Waals surface area contributed by atoms with Gasteiger partial charge in [-0.3, -0.25) is 0 Å². The number of rotatable bonds is 1. The molecule has 0 saturated heterocycles. The van der Waals surface area contributed by atoms with Crippen LogP contribution in [0, 0.1) is 11.3 Å². The van der Waals surface area contributed by atoms with Crippen molar-refractivity contribution >= 4 is 34.6 Å². The summed E-state index contributed by atoms with van der Waals surface area (Å²) in [6.45, 7) is 1.75. The summed E-state index contributed by atoms with van der Waals surface area (Å²) in [5.74, 6) is 0.519. The third kappa shape index (κ3) is 2.37. The number of aryl methyl sites for hydroxylation is 1. The Kier molecular flexibility index (Phi) is 4.34. The standard InChI is InChI=1S/C11H13N3S.ClH/c1-7(13)14-11-9(6-12)8-4-2-3-5-10(8)15-11;/h2-5H2,1H3,(H2,13,14);1H. The van der Waals surface area contributed by atoms with Crippen LogP contribution in [0.1, 0.15) is 35.8 Å². The smallest absolute Gasteiger partial charge is 0.136 e. The normalized spacial score (nSPS) is 14.9. The molecule has 0 fully saturated rings. The molecule has 0 radical (unpaired) electrons. The predicted molar refractivity (Wildman–Crippen MR) is 69.9 cm³/mol. The van der Waals surface area contributed by atoms with E-state index in [1.807, 2.05) is 0 Å². The SMILES string of the molecule is C/C(N)=N\c1sc2c(c1C#N)CCCC2.Cl. The summed E-state index contributed by atoms with van der Waals surface area (Å²) in [6, 6.07) is 2.26. The highest BCUT2D eigenvalue weighted by molar-refractivity contribution is 7.16.